The topological polar surface area (TPSA) is 54.7 Å². The Balaban J connectivity index is 2.16. The number of thiophene rings is 1. The predicted molar refractivity (Wildman–Crippen MR) is 84.1 cm³/mol. The van der Waals surface area contributed by atoms with E-state index >= 15 is 0 Å². The Morgan fingerprint density at radius 1 is 1.30 bits per heavy atom. The fourth-order valence-electron chi connectivity index (χ4n) is 2.03. The Morgan fingerprint density at radius 3 is 2.60 bits per heavy atom. The van der Waals surface area contributed by atoms with Gasteiger partial charge in [0.15, 0.2) is 5.82 Å². The molecule has 20 heavy (non-hydrogen) atoms. The molecule has 1 aromatic carbocycles. The SMILES string of the molecule is Cc1cc(-c2[nH]nc(N)c2-c2ccc(F)cc2)sc1Br. The van der Waals surface area contributed by atoms with Crippen molar-refractivity contribution in [1.82, 2.24) is 10.2 Å². The third-order valence-corrected chi connectivity index (χ3v) is 5.18. The number of H-pyrrole nitrogens is 1. The average molecular weight is 352 g/mol. The lowest BCUT2D eigenvalue weighted by Crippen LogP contribution is -1.88. The second-order valence-electron chi connectivity index (χ2n) is 4.43. The van der Waals surface area contributed by atoms with Crippen molar-refractivity contribution in [1.29, 1.82) is 0 Å². The van der Waals surface area contributed by atoms with E-state index in [1.807, 2.05) is 6.92 Å². The summed E-state index contributed by atoms with van der Waals surface area (Å²) in [5, 5.41) is 7.05. The van der Waals surface area contributed by atoms with Crippen LogP contribution in [0.15, 0.2) is 34.1 Å². The van der Waals surface area contributed by atoms with E-state index in [1.165, 1.54) is 12.1 Å². The molecular formula is C14H11BrFN3S. The van der Waals surface area contributed by atoms with Crippen LogP contribution < -0.4 is 5.73 Å². The van der Waals surface area contributed by atoms with Gasteiger partial charge in [0.05, 0.1) is 19.9 Å². The van der Waals surface area contributed by atoms with Gasteiger partial charge in [-0.15, -0.1) is 11.3 Å². The molecule has 0 unspecified atom stereocenters. The summed E-state index contributed by atoms with van der Waals surface area (Å²) in [5.74, 6) is 0.140. The molecule has 3 nitrogen and oxygen atoms in total. The van der Waals surface area contributed by atoms with Gasteiger partial charge in [-0.25, -0.2) is 4.39 Å². The lowest BCUT2D eigenvalue weighted by atomic mass is 10.0. The smallest absolute Gasteiger partial charge is 0.153 e. The van der Waals surface area contributed by atoms with Gasteiger partial charge < -0.3 is 5.73 Å². The van der Waals surface area contributed by atoms with Gasteiger partial charge in [-0.2, -0.15) is 5.10 Å². The summed E-state index contributed by atoms with van der Waals surface area (Å²) < 4.78 is 14.1. The summed E-state index contributed by atoms with van der Waals surface area (Å²) in [6, 6.07) is 8.31. The van der Waals surface area contributed by atoms with Gasteiger partial charge >= 0.3 is 0 Å². The van der Waals surface area contributed by atoms with Crippen LogP contribution in [0.25, 0.3) is 21.7 Å². The van der Waals surface area contributed by atoms with E-state index < -0.39 is 0 Å². The number of nitrogen functional groups attached to an aromatic ring is 1. The third-order valence-electron chi connectivity index (χ3n) is 3.03. The maximum absolute atomic E-state index is 13.0. The van der Waals surface area contributed by atoms with E-state index in [0.717, 1.165) is 31.0 Å². The Morgan fingerprint density at radius 2 is 2.00 bits per heavy atom. The van der Waals surface area contributed by atoms with E-state index in [9.17, 15) is 4.39 Å². The highest BCUT2D eigenvalue weighted by Gasteiger charge is 2.17. The normalized spacial score (nSPS) is 10.9. The highest BCUT2D eigenvalue weighted by molar-refractivity contribution is 9.11. The summed E-state index contributed by atoms with van der Waals surface area (Å²) in [4.78, 5) is 1.04. The van der Waals surface area contributed by atoms with Crippen LogP contribution in [0.1, 0.15) is 5.56 Å². The molecule has 0 radical (unpaired) electrons. The van der Waals surface area contributed by atoms with Crippen LogP contribution in [0.2, 0.25) is 0 Å². The number of rotatable bonds is 2. The Bertz CT molecular complexity index is 742. The van der Waals surface area contributed by atoms with Gasteiger partial charge in [0.1, 0.15) is 5.82 Å². The van der Waals surface area contributed by atoms with Crippen LogP contribution in [0, 0.1) is 12.7 Å². The fourth-order valence-corrected chi connectivity index (χ4v) is 3.56. The highest BCUT2D eigenvalue weighted by Crippen LogP contribution is 2.40. The minimum atomic E-state index is -0.271. The van der Waals surface area contributed by atoms with E-state index in [2.05, 4.69) is 32.2 Å². The molecule has 2 heterocycles. The molecule has 0 saturated carbocycles. The molecule has 3 rings (SSSR count). The maximum Gasteiger partial charge on any atom is 0.153 e. The fraction of sp³-hybridized carbons (Fsp3) is 0.0714. The summed E-state index contributed by atoms with van der Waals surface area (Å²) >= 11 is 5.12. The zero-order valence-corrected chi connectivity index (χ0v) is 13.0. The summed E-state index contributed by atoms with van der Waals surface area (Å²) in [7, 11) is 0. The molecule has 0 amide bonds. The molecule has 3 aromatic rings. The minimum absolute atomic E-state index is 0.271. The van der Waals surface area contributed by atoms with Crippen molar-refractivity contribution in [2.45, 2.75) is 6.92 Å². The highest BCUT2D eigenvalue weighted by atomic mass is 79.9. The summed E-state index contributed by atoms with van der Waals surface area (Å²) in [5.41, 5.74) is 9.61. The lowest BCUT2D eigenvalue weighted by molar-refractivity contribution is 0.628. The number of hydrogen-bond acceptors (Lipinski definition) is 3. The second-order valence-corrected chi connectivity index (χ2v) is 6.80. The molecule has 0 aliphatic rings. The molecule has 0 aliphatic carbocycles. The van der Waals surface area contributed by atoms with Crippen LogP contribution >= 0.6 is 27.3 Å². The number of halogens is 2. The van der Waals surface area contributed by atoms with Crippen molar-refractivity contribution in [3.05, 3.63) is 45.5 Å². The molecule has 0 aliphatic heterocycles. The molecule has 0 spiro atoms. The van der Waals surface area contributed by atoms with Crippen LogP contribution in [-0.2, 0) is 0 Å². The first-order valence-corrected chi connectivity index (χ1v) is 7.53. The van der Waals surface area contributed by atoms with Crippen LogP contribution in [0.4, 0.5) is 10.2 Å². The summed E-state index contributed by atoms with van der Waals surface area (Å²) in [6.07, 6.45) is 0. The van der Waals surface area contributed by atoms with Crippen molar-refractivity contribution in [2.75, 3.05) is 5.73 Å². The van der Waals surface area contributed by atoms with Crippen molar-refractivity contribution in [3.8, 4) is 21.7 Å². The minimum Gasteiger partial charge on any atom is -0.382 e. The first-order chi connectivity index (χ1) is 9.56. The number of aromatic amines is 1. The zero-order chi connectivity index (χ0) is 14.3. The molecule has 2 aromatic heterocycles. The number of anilines is 1. The standard InChI is InChI=1S/C14H11BrFN3S/c1-7-6-10(20-13(7)15)12-11(14(17)19-18-12)8-2-4-9(16)5-3-8/h2-6H,1H3,(H3,17,18,19). The molecule has 6 heteroatoms. The van der Waals surface area contributed by atoms with Crippen LogP contribution in [0.5, 0.6) is 0 Å². The van der Waals surface area contributed by atoms with Crippen LogP contribution in [0.3, 0.4) is 0 Å². The number of aryl methyl sites for hydroxylation is 1. The Kier molecular flexibility index (Phi) is 3.35. The number of hydrogen-bond donors (Lipinski definition) is 2. The zero-order valence-electron chi connectivity index (χ0n) is 10.6. The quantitative estimate of drug-likeness (QED) is 0.708. The van der Waals surface area contributed by atoms with E-state index in [1.54, 1.807) is 23.5 Å². The van der Waals surface area contributed by atoms with E-state index in [4.69, 9.17) is 5.73 Å². The largest absolute Gasteiger partial charge is 0.382 e. The van der Waals surface area contributed by atoms with Crippen LogP contribution in [-0.4, -0.2) is 10.2 Å². The number of nitrogens with zero attached hydrogens (tertiary/aromatic N) is 1. The van der Waals surface area contributed by atoms with Gasteiger partial charge in [0.2, 0.25) is 0 Å². The van der Waals surface area contributed by atoms with Gasteiger partial charge in [-0.3, -0.25) is 5.10 Å². The van der Waals surface area contributed by atoms with Gasteiger partial charge in [0.25, 0.3) is 0 Å². The van der Waals surface area contributed by atoms with Crippen molar-refractivity contribution in [3.63, 3.8) is 0 Å². The van der Waals surface area contributed by atoms with Gasteiger partial charge in [0, 0.05) is 0 Å². The number of benzene rings is 1. The van der Waals surface area contributed by atoms with E-state index in [0.29, 0.717) is 5.82 Å². The first-order valence-electron chi connectivity index (χ1n) is 5.92. The molecule has 0 bridgehead atoms. The Hall–Kier alpha value is -1.66. The summed E-state index contributed by atoms with van der Waals surface area (Å²) in [6.45, 7) is 2.03. The first kappa shape index (κ1) is 13.3. The number of nitrogens with one attached hydrogen (secondary N) is 1. The molecule has 0 fully saturated rings. The molecule has 102 valence electrons. The monoisotopic (exact) mass is 351 g/mol. The number of nitrogens with two attached hydrogens (primary N) is 1. The molecule has 0 saturated heterocycles. The van der Waals surface area contributed by atoms with Gasteiger partial charge in [-0.05, 0) is 52.2 Å². The van der Waals surface area contributed by atoms with Crippen molar-refractivity contribution < 1.29 is 4.39 Å². The van der Waals surface area contributed by atoms with Crippen molar-refractivity contribution in [2.24, 2.45) is 0 Å². The third kappa shape index (κ3) is 2.25. The molecule has 3 N–H and O–H groups in total. The molecule has 0 atom stereocenters. The average Bonchev–Trinajstić information content (AvgIpc) is 2.95. The second kappa shape index (κ2) is 5.03. The lowest BCUT2D eigenvalue weighted by Gasteiger charge is -2.02. The van der Waals surface area contributed by atoms with E-state index in [-0.39, 0.29) is 5.82 Å². The predicted octanol–water partition coefficient (Wildman–Crippen LogP) is 4.60. The maximum atomic E-state index is 13.0. The molecular weight excluding hydrogens is 341 g/mol. The number of aromatic nitrogens is 2. The van der Waals surface area contributed by atoms with Crippen molar-refractivity contribution >= 4 is 33.1 Å². The van der Waals surface area contributed by atoms with Gasteiger partial charge in [-0.1, -0.05) is 12.1 Å². The Labute approximate surface area is 127 Å².